The highest BCUT2D eigenvalue weighted by atomic mass is 15.3. The Morgan fingerprint density at radius 2 is 1.88 bits per heavy atom. The van der Waals surface area contributed by atoms with Crippen molar-refractivity contribution in [2.75, 3.05) is 0 Å². The second-order valence-electron chi connectivity index (χ2n) is 4.78. The molecule has 0 saturated carbocycles. The summed E-state index contributed by atoms with van der Waals surface area (Å²) in [5.74, 6) is 0. The number of aryl methyl sites for hydroxylation is 2. The molecule has 3 nitrogen and oxygen atoms in total. The zero-order chi connectivity index (χ0) is 12.7. The van der Waals surface area contributed by atoms with E-state index in [0.717, 1.165) is 13.0 Å². The van der Waals surface area contributed by atoms with E-state index in [1.54, 1.807) is 0 Å². The molecule has 0 atom stereocenters. The maximum atomic E-state index is 4.48. The molecule has 0 spiro atoms. The molecule has 0 amide bonds. The van der Waals surface area contributed by atoms with Crippen LogP contribution in [0.1, 0.15) is 57.7 Å². The molecule has 0 aliphatic heterocycles. The van der Waals surface area contributed by atoms with Crippen molar-refractivity contribution in [3.63, 3.8) is 0 Å². The van der Waals surface area contributed by atoms with E-state index in [9.17, 15) is 0 Å². The standard InChI is InChI=1S/C14H27N3/c1-5-8-13(9-6-2)15-10-12-11-17(4)16-14(12)7-3/h11,13,15H,5-10H2,1-4H3. The third-order valence-electron chi connectivity index (χ3n) is 3.18. The summed E-state index contributed by atoms with van der Waals surface area (Å²) in [6.07, 6.45) is 8.21. The van der Waals surface area contributed by atoms with Crippen molar-refractivity contribution < 1.29 is 0 Å². The molecule has 3 heteroatoms. The topological polar surface area (TPSA) is 29.9 Å². The van der Waals surface area contributed by atoms with Gasteiger partial charge < -0.3 is 5.32 Å². The number of nitrogens with one attached hydrogen (secondary N) is 1. The monoisotopic (exact) mass is 237 g/mol. The maximum absolute atomic E-state index is 4.48. The van der Waals surface area contributed by atoms with Crippen LogP contribution in [0.2, 0.25) is 0 Å². The Bertz CT molecular complexity index is 311. The normalized spacial score (nSPS) is 11.4. The number of nitrogens with zero attached hydrogens (tertiary/aromatic N) is 2. The Balaban J connectivity index is 2.51. The van der Waals surface area contributed by atoms with Crippen LogP contribution in [0.3, 0.4) is 0 Å². The smallest absolute Gasteiger partial charge is 0.0666 e. The van der Waals surface area contributed by atoms with Crippen LogP contribution >= 0.6 is 0 Å². The fourth-order valence-electron chi connectivity index (χ4n) is 2.33. The second-order valence-corrected chi connectivity index (χ2v) is 4.78. The third-order valence-corrected chi connectivity index (χ3v) is 3.18. The largest absolute Gasteiger partial charge is 0.310 e. The van der Waals surface area contributed by atoms with Gasteiger partial charge in [0, 0.05) is 31.4 Å². The van der Waals surface area contributed by atoms with Crippen LogP contribution in [-0.2, 0) is 20.0 Å². The average Bonchev–Trinajstić information content (AvgIpc) is 2.67. The molecule has 1 aromatic rings. The van der Waals surface area contributed by atoms with E-state index < -0.39 is 0 Å². The molecule has 1 N–H and O–H groups in total. The van der Waals surface area contributed by atoms with Crippen molar-refractivity contribution in [3.8, 4) is 0 Å². The first kappa shape index (κ1) is 14.2. The summed E-state index contributed by atoms with van der Waals surface area (Å²) in [5.41, 5.74) is 2.58. The molecule has 0 unspecified atom stereocenters. The summed E-state index contributed by atoms with van der Waals surface area (Å²) in [6, 6.07) is 0.662. The number of hydrogen-bond donors (Lipinski definition) is 1. The summed E-state index contributed by atoms with van der Waals surface area (Å²) >= 11 is 0. The molecule has 0 aliphatic carbocycles. The van der Waals surface area contributed by atoms with Crippen LogP contribution in [0.15, 0.2) is 6.20 Å². The fourth-order valence-corrected chi connectivity index (χ4v) is 2.33. The van der Waals surface area contributed by atoms with Crippen molar-refractivity contribution in [2.45, 2.75) is 65.5 Å². The van der Waals surface area contributed by atoms with E-state index in [1.165, 1.54) is 36.9 Å². The van der Waals surface area contributed by atoms with Crippen LogP contribution in [0.4, 0.5) is 0 Å². The predicted octanol–water partition coefficient (Wildman–Crippen LogP) is 3.04. The summed E-state index contributed by atoms with van der Waals surface area (Å²) in [7, 11) is 2.00. The molecule has 0 aliphatic rings. The molecule has 0 aromatic carbocycles. The lowest BCUT2D eigenvalue weighted by Gasteiger charge is -2.17. The quantitative estimate of drug-likeness (QED) is 0.753. The van der Waals surface area contributed by atoms with Gasteiger partial charge in [0.25, 0.3) is 0 Å². The van der Waals surface area contributed by atoms with Crippen LogP contribution in [0.25, 0.3) is 0 Å². The Hall–Kier alpha value is -0.830. The van der Waals surface area contributed by atoms with Gasteiger partial charge in [-0.3, -0.25) is 4.68 Å². The molecule has 0 saturated heterocycles. The van der Waals surface area contributed by atoms with Gasteiger partial charge >= 0.3 is 0 Å². The lowest BCUT2D eigenvalue weighted by Crippen LogP contribution is -2.28. The van der Waals surface area contributed by atoms with Gasteiger partial charge in [0.15, 0.2) is 0 Å². The van der Waals surface area contributed by atoms with Gasteiger partial charge in [0.2, 0.25) is 0 Å². The average molecular weight is 237 g/mol. The van der Waals surface area contributed by atoms with Gasteiger partial charge in [0.05, 0.1) is 5.69 Å². The molecule has 1 heterocycles. The van der Waals surface area contributed by atoms with Gasteiger partial charge in [-0.15, -0.1) is 0 Å². The Labute approximate surface area is 106 Å². The zero-order valence-electron chi connectivity index (χ0n) is 11.8. The van der Waals surface area contributed by atoms with Crippen molar-refractivity contribution >= 4 is 0 Å². The molecule has 0 fully saturated rings. The minimum atomic E-state index is 0.662. The van der Waals surface area contributed by atoms with Gasteiger partial charge in [-0.05, 0) is 19.3 Å². The van der Waals surface area contributed by atoms with Crippen molar-refractivity contribution in [3.05, 3.63) is 17.5 Å². The van der Waals surface area contributed by atoms with Crippen LogP contribution < -0.4 is 5.32 Å². The molecule has 0 bridgehead atoms. The van der Waals surface area contributed by atoms with Crippen molar-refractivity contribution in [1.29, 1.82) is 0 Å². The molecule has 17 heavy (non-hydrogen) atoms. The number of hydrogen-bond acceptors (Lipinski definition) is 2. The summed E-state index contributed by atoms with van der Waals surface area (Å²) in [6.45, 7) is 7.64. The van der Waals surface area contributed by atoms with Gasteiger partial charge in [-0.25, -0.2) is 0 Å². The van der Waals surface area contributed by atoms with Crippen LogP contribution in [-0.4, -0.2) is 15.8 Å². The van der Waals surface area contributed by atoms with E-state index in [2.05, 4.69) is 37.4 Å². The zero-order valence-corrected chi connectivity index (χ0v) is 11.8. The first-order valence-electron chi connectivity index (χ1n) is 6.95. The maximum Gasteiger partial charge on any atom is 0.0666 e. The first-order valence-corrected chi connectivity index (χ1v) is 6.95. The highest BCUT2D eigenvalue weighted by Gasteiger charge is 2.09. The van der Waals surface area contributed by atoms with Gasteiger partial charge in [-0.2, -0.15) is 5.10 Å². The van der Waals surface area contributed by atoms with Crippen molar-refractivity contribution in [1.82, 2.24) is 15.1 Å². The van der Waals surface area contributed by atoms with E-state index in [4.69, 9.17) is 0 Å². The minimum absolute atomic E-state index is 0.662. The Morgan fingerprint density at radius 3 is 2.41 bits per heavy atom. The Morgan fingerprint density at radius 1 is 1.24 bits per heavy atom. The lowest BCUT2D eigenvalue weighted by molar-refractivity contribution is 0.442. The Kier molecular flexibility index (Phi) is 6.27. The van der Waals surface area contributed by atoms with Crippen molar-refractivity contribution in [2.24, 2.45) is 7.05 Å². The SMILES string of the molecule is CCCC(CCC)NCc1cn(C)nc1CC. The molecule has 98 valence electrons. The van der Waals surface area contributed by atoms with Gasteiger partial charge in [0.1, 0.15) is 0 Å². The van der Waals surface area contributed by atoms with Crippen LogP contribution in [0.5, 0.6) is 0 Å². The third kappa shape index (κ3) is 4.50. The molecule has 0 radical (unpaired) electrons. The van der Waals surface area contributed by atoms with E-state index in [-0.39, 0.29) is 0 Å². The van der Waals surface area contributed by atoms with E-state index in [0.29, 0.717) is 6.04 Å². The second kappa shape index (κ2) is 7.49. The lowest BCUT2D eigenvalue weighted by atomic mass is 10.1. The minimum Gasteiger partial charge on any atom is -0.310 e. The summed E-state index contributed by atoms with van der Waals surface area (Å²) in [5, 5.41) is 8.15. The fraction of sp³-hybridized carbons (Fsp3) is 0.786. The highest BCUT2D eigenvalue weighted by molar-refractivity contribution is 5.16. The summed E-state index contributed by atoms with van der Waals surface area (Å²) in [4.78, 5) is 0. The number of rotatable bonds is 8. The first-order chi connectivity index (χ1) is 8.21. The van der Waals surface area contributed by atoms with Crippen LogP contribution in [0, 0.1) is 0 Å². The number of aromatic nitrogens is 2. The summed E-state index contributed by atoms with van der Waals surface area (Å²) < 4.78 is 1.92. The molecule has 1 rings (SSSR count). The molecule has 1 aromatic heterocycles. The van der Waals surface area contributed by atoms with E-state index in [1.807, 2.05) is 11.7 Å². The molecular weight excluding hydrogens is 210 g/mol. The predicted molar refractivity (Wildman–Crippen MR) is 73.0 cm³/mol. The van der Waals surface area contributed by atoms with E-state index >= 15 is 0 Å². The van der Waals surface area contributed by atoms with Gasteiger partial charge in [-0.1, -0.05) is 33.6 Å². The molecular formula is C14H27N3. The highest BCUT2D eigenvalue weighted by Crippen LogP contribution is 2.10.